The summed E-state index contributed by atoms with van der Waals surface area (Å²) in [6.07, 6.45) is 1.27. The third-order valence-electron chi connectivity index (χ3n) is 4.05. The zero-order chi connectivity index (χ0) is 17.2. The summed E-state index contributed by atoms with van der Waals surface area (Å²) in [7, 11) is 1.60. The highest BCUT2D eigenvalue weighted by atomic mass is 16.6. The Balaban J connectivity index is 2.21. The van der Waals surface area contributed by atoms with Crippen LogP contribution in [0.2, 0.25) is 0 Å². The van der Waals surface area contributed by atoms with Crippen molar-refractivity contribution in [2.45, 2.75) is 45.8 Å². The summed E-state index contributed by atoms with van der Waals surface area (Å²) in [5, 5.41) is 0. The maximum atomic E-state index is 12.2. The van der Waals surface area contributed by atoms with Crippen molar-refractivity contribution in [2.24, 2.45) is 0 Å². The minimum absolute atomic E-state index is 0.495. The minimum Gasteiger partial charge on any atom is -0.444 e. The van der Waals surface area contributed by atoms with Crippen molar-refractivity contribution >= 4 is 18.1 Å². The lowest BCUT2D eigenvalue weighted by Crippen LogP contribution is -2.37. The maximum absolute atomic E-state index is 12.2. The summed E-state index contributed by atoms with van der Waals surface area (Å²) in [4.78, 5) is 27.4. The number of carbonyl (C=O) groups excluding carboxylic acids is 2. The normalized spacial score (nSPS) is 15.1. The molecule has 0 radical (unpaired) electrons. The molecular formula is C18H26N2O3. The molecule has 1 aliphatic heterocycles. The summed E-state index contributed by atoms with van der Waals surface area (Å²) in [6.45, 7) is 9.54. The molecular weight excluding hydrogens is 292 g/mol. The van der Waals surface area contributed by atoms with Gasteiger partial charge in [-0.15, -0.1) is 0 Å². The molecule has 1 unspecified atom stereocenters. The fraction of sp³-hybridized carbons (Fsp3) is 0.556. The van der Waals surface area contributed by atoms with E-state index < -0.39 is 17.7 Å². The highest BCUT2D eigenvalue weighted by molar-refractivity contribution is 5.75. The maximum Gasteiger partial charge on any atom is 0.410 e. The molecule has 0 saturated heterocycles. The van der Waals surface area contributed by atoms with Gasteiger partial charge in [0.25, 0.3) is 0 Å². The van der Waals surface area contributed by atoms with Gasteiger partial charge in [0.15, 0.2) is 0 Å². The van der Waals surface area contributed by atoms with Gasteiger partial charge in [0.05, 0.1) is 0 Å². The van der Waals surface area contributed by atoms with Crippen molar-refractivity contribution in [3.05, 3.63) is 29.3 Å². The number of likely N-dealkylation sites (N-methyl/N-ethyl adjacent to an activating group) is 2. The van der Waals surface area contributed by atoms with E-state index in [2.05, 4.69) is 11.8 Å². The largest absolute Gasteiger partial charge is 0.444 e. The van der Waals surface area contributed by atoms with Crippen LogP contribution in [0.3, 0.4) is 0 Å². The predicted octanol–water partition coefficient (Wildman–Crippen LogP) is 3.18. The van der Waals surface area contributed by atoms with Crippen LogP contribution in [-0.2, 0) is 16.0 Å². The van der Waals surface area contributed by atoms with Crippen LogP contribution in [0.4, 0.5) is 10.5 Å². The van der Waals surface area contributed by atoms with Crippen molar-refractivity contribution in [3.8, 4) is 0 Å². The zero-order valence-corrected chi connectivity index (χ0v) is 14.6. The third-order valence-corrected chi connectivity index (χ3v) is 4.05. The first-order chi connectivity index (χ1) is 10.8. The molecule has 1 heterocycles. The van der Waals surface area contributed by atoms with E-state index in [0.717, 1.165) is 31.4 Å². The Morgan fingerprint density at radius 1 is 1.43 bits per heavy atom. The second kappa shape index (κ2) is 6.60. The molecule has 2 rings (SSSR count). The van der Waals surface area contributed by atoms with E-state index in [1.807, 2.05) is 39.0 Å². The molecule has 1 aromatic rings. The first kappa shape index (κ1) is 17.3. The average Bonchev–Trinajstić information content (AvgIpc) is 2.88. The summed E-state index contributed by atoms with van der Waals surface area (Å²) in [6, 6.07) is 5.36. The highest BCUT2D eigenvalue weighted by Gasteiger charge is 2.27. The second-order valence-electron chi connectivity index (χ2n) is 6.89. The van der Waals surface area contributed by atoms with Gasteiger partial charge in [-0.3, -0.25) is 4.90 Å². The molecule has 0 aromatic heterocycles. The number of nitrogens with zero attached hydrogens (tertiary/aromatic N) is 2. The second-order valence-corrected chi connectivity index (χ2v) is 6.89. The van der Waals surface area contributed by atoms with E-state index in [4.69, 9.17) is 4.74 Å². The number of ether oxygens (including phenoxy) is 1. The summed E-state index contributed by atoms with van der Waals surface area (Å²) < 4.78 is 5.35. The number of carbonyl (C=O) groups is 2. The van der Waals surface area contributed by atoms with Crippen LogP contribution < -0.4 is 4.90 Å². The van der Waals surface area contributed by atoms with Crippen LogP contribution >= 0.6 is 0 Å². The molecule has 23 heavy (non-hydrogen) atoms. The topological polar surface area (TPSA) is 49.9 Å². The Labute approximate surface area is 138 Å². The van der Waals surface area contributed by atoms with Crippen LogP contribution in [0.25, 0.3) is 0 Å². The highest BCUT2D eigenvalue weighted by Crippen LogP contribution is 2.31. The molecule has 0 fully saturated rings. The van der Waals surface area contributed by atoms with Gasteiger partial charge in [0.2, 0.25) is 0 Å². The molecule has 0 N–H and O–H groups in total. The molecule has 1 atom stereocenters. The zero-order valence-electron chi connectivity index (χ0n) is 14.6. The van der Waals surface area contributed by atoms with Crippen molar-refractivity contribution in [3.63, 3.8) is 0 Å². The number of amides is 1. The molecule has 0 bridgehead atoms. The van der Waals surface area contributed by atoms with Gasteiger partial charge in [-0.2, -0.15) is 0 Å². The number of anilines is 1. The molecule has 126 valence electrons. The van der Waals surface area contributed by atoms with Gasteiger partial charge in [-0.05, 0) is 51.3 Å². The Bertz CT molecular complexity index is 592. The molecule has 0 saturated carbocycles. The van der Waals surface area contributed by atoms with Crippen molar-refractivity contribution in [1.82, 2.24) is 4.90 Å². The molecule has 0 spiro atoms. The van der Waals surface area contributed by atoms with Gasteiger partial charge in [0.1, 0.15) is 17.9 Å². The first-order valence-electron chi connectivity index (χ1n) is 8.05. The molecule has 1 aliphatic rings. The average molecular weight is 318 g/mol. The van der Waals surface area contributed by atoms with E-state index in [1.165, 1.54) is 16.2 Å². The Morgan fingerprint density at radius 2 is 2.13 bits per heavy atom. The Hall–Kier alpha value is -2.04. The number of rotatable bonds is 4. The molecule has 1 amide bonds. The monoisotopic (exact) mass is 318 g/mol. The fourth-order valence-electron chi connectivity index (χ4n) is 2.84. The van der Waals surface area contributed by atoms with E-state index in [0.29, 0.717) is 0 Å². The van der Waals surface area contributed by atoms with Gasteiger partial charge in [-0.25, -0.2) is 4.79 Å². The first-order valence-corrected chi connectivity index (χ1v) is 8.05. The molecule has 5 nitrogen and oxygen atoms in total. The van der Waals surface area contributed by atoms with Crippen molar-refractivity contribution in [2.75, 3.05) is 25.0 Å². The fourth-order valence-corrected chi connectivity index (χ4v) is 2.84. The van der Waals surface area contributed by atoms with E-state index >= 15 is 0 Å². The molecule has 0 aliphatic carbocycles. The number of hydrogen-bond acceptors (Lipinski definition) is 4. The van der Waals surface area contributed by atoms with Gasteiger partial charge >= 0.3 is 6.09 Å². The lowest BCUT2D eigenvalue weighted by molar-refractivity contribution is -0.112. The van der Waals surface area contributed by atoms with Crippen molar-refractivity contribution in [1.29, 1.82) is 0 Å². The van der Waals surface area contributed by atoms with Gasteiger partial charge < -0.3 is 14.4 Å². The number of fused-ring (bicyclic) bond motifs is 1. The summed E-state index contributed by atoms with van der Waals surface area (Å²) in [5.41, 5.74) is 2.69. The molecule has 5 heteroatoms. The summed E-state index contributed by atoms with van der Waals surface area (Å²) in [5.74, 6) is 0. The smallest absolute Gasteiger partial charge is 0.410 e. The van der Waals surface area contributed by atoms with Crippen LogP contribution in [0, 0.1) is 0 Å². The van der Waals surface area contributed by atoms with Crippen LogP contribution in [-0.4, -0.2) is 43.0 Å². The lowest BCUT2D eigenvalue weighted by atomic mass is 10.0. The molecule has 1 aromatic carbocycles. The van der Waals surface area contributed by atoms with Crippen LogP contribution in [0.5, 0.6) is 0 Å². The number of benzene rings is 1. The minimum atomic E-state index is -0.633. The van der Waals surface area contributed by atoms with Gasteiger partial charge in [0, 0.05) is 25.8 Å². The van der Waals surface area contributed by atoms with Crippen molar-refractivity contribution < 1.29 is 14.3 Å². The predicted molar refractivity (Wildman–Crippen MR) is 90.8 cm³/mol. The van der Waals surface area contributed by atoms with Gasteiger partial charge in [-0.1, -0.05) is 12.1 Å². The summed E-state index contributed by atoms with van der Waals surface area (Å²) >= 11 is 0. The quantitative estimate of drug-likeness (QED) is 0.800. The van der Waals surface area contributed by atoms with E-state index in [9.17, 15) is 9.59 Å². The van der Waals surface area contributed by atoms with E-state index in [-0.39, 0.29) is 0 Å². The SMILES string of the molecule is CCN1CCc2cc(C(C=O)N(C)C(=O)OC(C)(C)C)ccc21. The van der Waals surface area contributed by atoms with E-state index in [1.54, 1.807) is 7.05 Å². The van der Waals surface area contributed by atoms with Crippen LogP contribution in [0.1, 0.15) is 44.9 Å². The number of hydrogen-bond donors (Lipinski definition) is 0. The Kier molecular flexibility index (Phi) is 4.97. The third kappa shape index (κ3) is 3.84. The standard InChI is InChI=1S/C18H26N2O3/c1-6-20-10-9-14-11-13(7-8-15(14)20)16(12-21)19(5)17(22)23-18(2,3)4/h7-8,11-12,16H,6,9-10H2,1-5H3. The lowest BCUT2D eigenvalue weighted by Gasteiger charge is -2.28. The number of aldehydes is 1. The Morgan fingerprint density at radius 3 is 2.70 bits per heavy atom. The van der Waals surface area contributed by atoms with Crippen LogP contribution in [0.15, 0.2) is 18.2 Å².